The molecule has 0 radical (unpaired) electrons. The number of nitrogens with one attached hydrogen (secondary N) is 2. The van der Waals surface area contributed by atoms with E-state index in [0.29, 0.717) is 30.2 Å². The number of amides is 1. The topological polar surface area (TPSA) is 88.6 Å². The average Bonchev–Trinajstić information content (AvgIpc) is 3.46. The van der Waals surface area contributed by atoms with E-state index in [4.69, 9.17) is 21.7 Å². The molecule has 0 fully saturated rings. The number of anilines is 1. The van der Waals surface area contributed by atoms with E-state index in [1.54, 1.807) is 31.5 Å². The molecule has 8 nitrogen and oxygen atoms in total. The number of methoxy groups -OCH3 is 1. The largest absolute Gasteiger partial charge is 0.456 e. The molecule has 0 saturated carbocycles. The van der Waals surface area contributed by atoms with Crippen LogP contribution < -0.4 is 20.5 Å². The number of thiophene rings is 1. The lowest BCUT2D eigenvalue weighted by Gasteiger charge is -2.16. The van der Waals surface area contributed by atoms with Crippen LogP contribution >= 0.6 is 23.6 Å². The van der Waals surface area contributed by atoms with E-state index in [1.807, 2.05) is 24.4 Å². The molecular weight excluding hydrogens is 593 g/mol. The number of carbonyl (C=O) groups is 1. The number of halogens is 2. The minimum atomic E-state index is -0.516. The number of nitrogens with zero attached hydrogens (tertiary/aromatic N) is 3. The van der Waals surface area contributed by atoms with Crippen LogP contribution in [0.25, 0.3) is 20.8 Å². The molecule has 0 atom stereocenters. The zero-order valence-electron chi connectivity index (χ0n) is 23.1. The van der Waals surface area contributed by atoms with Gasteiger partial charge in [-0.3, -0.25) is 14.8 Å². The molecule has 43 heavy (non-hydrogen) atoms. The van der Waals surface area contributed by atoms with Crippen LogP contribution in [0.1, 0.15) is 11.1 Å². The molecule has 12 heteroatoms. The fraction of sp³-hybridized carbons (Fsp3) is 0.161. The Bertz CT molecular complexity index is 1700. The Hall–Kier alpha value is -4.36. The molecule has 5 aromatic rings. The quantitative estimate of drug-likeness (QED) is 0.100. The van der Waals surface area contributed by atoms with Gasteiger partial charge in [-0.15, -0.1) is 11.3 Å². The molecule has 3 aromatic heterocycles. The summed E-state index contributed by atoms with van der Waals surface area (Å²) in [5.41, 5.74) is 3.38. The summed E-state index contributed by atoms with van der Waals surface area (Å²) < 4.78 is 40.0. The molecule has 0 saturated heterocycles. The van der Waals surface area contributed by atoms with Crippen LogP contribution in [0, 0.1) is 5.82 Å². The molecule has 0 aliphatic carbocycles. The molecule has 0 spiro atoms. The van der Waals surface area contributed by atoms with Crippen molar-refractivity contribution >= 4 is 50.5 Å². The maximum Gasteiger partial charge on any atom is 0.230 e. The Morgan fingerprint density at radius 3 is 2.51 bits per heavy atom. The van der Waals surface area contributed by atoms with Crippen LogP contribution in [-0.4, -0.2) is 41.2 Å². The number of benzene rings is 2. The van der Waals surface area contributed by atoms with Crippen LogP contribution in [0.5, 0.6) is 11.5 Å². The van der Waals surface area contributed by atoms with E-state index in [1.165, 1.54) is 47.7 Å². The van der Waals surface area contributed by atoms with Crippen molar-refractivity contribution in [2.24, 2.45) is 0 Å². The molecule has 0 bridgehead atoms. The normalized spacial score (nSPS) is 11.0. The second-order valence-corrected chi connectivity index (χ2v) is 10.8. The Labute approximate surface area is 256 Å². The Morgan fingerprint density at radius 1 is 1.02 bits per heavy atom. The molecule has 0 aliphatic heterocycles. The number of carbonyl (C=O) groups excluding carboxylic acids is 1. The smallest absolute Gasteiger partial charge is 0.230 e. The van der Waals surface area contributed by atoms with Crippen molar-refractivity contribution in [2.45, 2.75) is 13.0 Å². The van der Waals surface area contributed by atoms with E-state index in [2.05, 4.69) is 20.6 Å². The number of hydrogen-bond acceptors (Lipinski definition) is 8. The molecule has 2 N–H and O–H groups in total. The van der Waals surface area contributed by atoms with Crippen molar-refractivity contribution in [1.82, 2.24) is 20.6 Å². The Morgan fingerprint density at radius 2 is 1.79 bits per heavy atom. The summed E-state index contributed by atoms with van der Waals surface area (Å²) in [5.74, 6) is 0.164. The standard InChI is InChI=1S/C31H27F2N5O3S2/c1-40-15-14-34-18-21-4-11-25(36-19-21)28-17-26-30(43-28)27(12-13-35-26)41-24-9-7-23(8-10-24)38(33)31(42)37-29(39)16-20-2-5-22(32)6-3-20/h2-13,17,19,34H,14-16,18H2,1H3,(H,37,39,42). The zero-order chi connectivity index (χ0) is 30.2. The van der Waals surface area contributed by atoms with Gasteiger partial charge < -0.3 is 20.1 Å². The molecule has 3 heterocycles. The summed E-state index contributed by atoms with van der Waals surface area (Å²) in [6, 6.07) is 19.4. The third-order valence-corrected chi connectivity index (χ3v) is 7.68. The molecular formula is C31H27F2N5O3S2. The number of hydrogen-bond donors (Lipinski definition) is 2. The molecule has 0 aliphatic rings. The van der Waals surface area contributed by atoms with Gasteiger partial charge in [0.1, 0.15) is 17.3 Å². The lowest BCUT2D eigenvalue weighted by molar-refractivity contribution is -0.119. The highest BCUT2D eigenvalue weighted by atomic mass is 32.1. The number of rotatable bonds is 11. The molecule has 1 amide bonds. The van der Waals surface area contributed by atoms with Crippen molar-refractivity contribution in [1.29, 1.82) is 0 Å². The highest BCUT2D eigenvalue weighted by Gasteiger charge is 2.16. The van der Waals surface area contributed by atoms with Gasteiger partial charge >= 0.3 is 0 Å². The number of pyridine rings is 2. The van der Waals surface area contributed by atoms with Crippen molar-refractivity contribution in [3.8, 4) is 22.1 Å². The lowest BCUT2D eigenvalue weighted by Crippen LogP contribution is -2.39. The first-order valence-corrected chi connectivity index (χ1v) is 14.5. The third kappa shape index (κ3) is 7.93. The second-order valence-electron chi connectivity index (χ2n) is 9.39. The van der Waals surface area contributed by atoms with Gasteiger partial charge in [-0.2, -0.15) is 5.12 Å². The Kier molecular flexibility index (Phi) is 9.95. The summed E-state index contributed by atoms with van der Waals surface area (Å²) in [6.07, 6.45) is 3.45. The van der Waals surface area contributed by atoms with E-state index in [-0.39, 0.29) is 17.2 Å². The van der Waals surface area contributed by atoms with E-state index in [9.17, 15) is 13.7 Å². The number of ether oxygens (including phenoxy) is 2. The first kappa shape index (κ1) is 30.1. The van der Waals surface area contributed by atoms with E-state index < -0.39 is 16.8 Å². The lowest BCUT2D eigenvalue weighted by atomic mass is 10.1. The summed E-state index contributed by atoms with van der Waals surface area (Å²) in [5, 5.41) is 5.44. The summed E-state index contributed by atoms with van der Waals surface area (Å²) >= 11 is 6.57. The van der Waals surface area contributed by atoms with Gasteiger partial charge in [-0.25, -0.2) is 4.39 Å². The molecule has 2 aromatic carbocycles. The van der Waals surface area contributed by atoms with E-state index in [0.717, 1.165) is 32.9 Å². The van der Waals surface area contributed by atoms with Gasteiger partial charge in [0.15, 0.2) is 0 Å². The number of thiocarbonyl (C=S) groups is 1. The SMILES string of the molecule is COCCNCc1ccc(-c2cc3nccc(Oc4ccc(N(F)C(=S)NC(=O)Cc5ccc(F)cc5)cc4)c3s2)nc1. The fourth-order valence-corrected chi connectivity index (χ4v) is 5.35. The van der Waals surface area contributed by atoms with Crippen molar-refractivity contribution < 1.29 is 23.1 Å². The minimum Gasteiger partial charge on any atom is -0.456 e. The van der Waals surface area contributed by atoms with Gasteiger partial charge in [-0.05, 0) is 71.9 Å². The minimum absolute atomic E-state index is 0.0694. The fourth-order valence-electron chi connectivity index (χ4n) is 4.09. The zero-order valence-corrected chi connectivity index (χ0v) is 24.7. The van der Waals surface area contributed by atoms with E-state index >= 15 is 0 Å². The first-order chi connectivity index (χ1) is 20.9. The Balaban J connectivity index is 1.21. The van der Waals surface area contributed by atoms with Crippen LogP contribution in [-0.2, 0) is 22.5 Å². The maximum atomic E-state index is 14.9. The first-order valence-electron chi connectivity index (χ1n) is 13.2. The summed E-state index contributed by atoms with van der Waals surface area (Å²) in [7, 11) is 1.67. The van der Waals surface area contributed by atoms with Crippen LogP contribution in [0.2, 0.25) is 0 Å². The highest BCUT2D eigenvalue weighted by molar-refractivity contribution is 7.80. The average molecular weight is 620 g/mol. The summed E-state index contributed by atoms with van der Waals surface area (Å²) in [6.45, 7) is 2.13. The molecule has 0 unspecified atom stereocenters. The van der Waals surface area contributed by atoms with Crippen molar-refractivity contribution in [3.63, 3.8) is 0 Å². The summed E-state index contributed by atoms with van der Waals surface area (Å²) in [4.78, 5) is 22.3. The number of aromatic nitrogens is 2. The van der Waals surface area contributed by atoms with Gasteiger partial charge in [-0.1, -0.05) is 22.7 Å². The second kappa shape index (κ2) is 14.2. The van der Waals surface area contributed by atoms with Crippen molar-refractivity contribution in [2.75, 3.05) is 25.4 Å². The van der Waals surface area contributed by atoms with Crippen molar-refractivity contribution in [3.05, 3.63) is 102 Å². The third-order valence-electron chi connectivity index (χ3n) is 6.26. The highest BCUT2D eigenvalue weighted by Crippen LogP contribution is 2.38. The predicted octanol–water partition coefficient (Wildman–Crippen LogP) is 6.36. The van der Waals surface area contributed by atoms with Crippen LogP contribution in [0.3, 0.4) is 0 Å². The number of fused-ring (bicyclic) bond motifs is 1. The molecule has 220 valence electrons. The predicted molar refractivity (Wildman–Crippen MR) is 167 cm³/mol. The van der Waals surface area contributed by atoms with Crippen LogP contribution in [0.15, 0.2) is 85.2 Å². The van der Waals surface area contributed by atoms with Crippen LogP contribution in [0.4, 0.5) is 14.6 Å². The van der Waals surface area contributed by atoms with Gasteiger partial charge in [0, 0.05) is 38.7 Å². The van der Waals surface area contributed by atoms with Gasteiger partial charge in [0.25, 0.3) is 0 Å². The van der Waals surface area contributed by atoms with Gasteiger partial charge in [0.2, 0.25) is 11.0 Å². The monoisotopic (exact) mass is 619 g/mol. The molecule has 5 rings (SSSR count). The van der Waals surface area contributed by atoms with Gasteiger partial charge in [0.05, 0.1) is 39.5 Å². The maximum absolute atomic E-state index is 14.9.